The Kier molecular flexibility index (Phi) is 10.8. The number of aromatic amines is 1. The van der Waals surface area contributed by atoms with E-state index in [1.165, 1.54) is 24.3 Å². The topological polar surface area (TPSA) is 137 Å². The molecule has 6 aromatic heterocycles. The Hall–Kier alpha value is -6.52. The normalized spacial score (nSPS) is 15.7. The molecule has 9 rings (SSSR count). The Morgan fingerprint density at radius 2 is 1.35 bits per heavy atom. The third-order valence-electron chi connectivity index (χ3n) is 11.1. The van der Waals surface area contributed by atoms with Crippen molar-refractivity contribution < 1.29 is 8.78 Å². The lowest BCUT2D eigenvalue weighted by Gasteiger charge is -2.30. The molecule has 308 valence electrons. The van der Waals surface area contributed by atoms with Gasteiger partial charge in [0.1, 0.15) is 22.7 Å². The fourth-order valence-electron chi connectivity index (χ4n) is 8.45. The van der Waals surface area contributed by atoms with Gasteiger partial charge in [0.15, 0.2) is 34.9 Å². The number of nitrogens with zero attached hydrogens (tertiary/aromatic N) is 11. The van der Waals surface area contributed by atoms with Crippen LogP contribution in [0.4, 0.5) is 32.1 Å². The Bertz CT molecular complexity index is 2710. The highest BCUT2D eigenvalue weighted by Gasteiger charge is 2.35. The van der Waals surface area contributed by atoms with Crippen LogP contribution in [0.25, 0.3) is 11.0 Å². The standard InChI is InChI=1S/C44H48F2N14/c1-5-20-56(21-6-2)39(30-11-15-32(45)16-12-30)43-50-42(36-10-8-23-59(36)54-43)48-38-26-29(4)60(53-38)34-19-24-57(27-34)40(31-13-17-33(46)18-14-31)44-49-41(35-9-7-22-58(35)55-44)47-37-25-28(3)51-52-37/h7-18,22-23,25-26,34,39-40H,5-6,19-21,24,27H2,1-4H3,(H,48,50,53,54)(H2,47,49,51,52,55). The predicted octanol–water partition coefficient (Wildman–Crippen LogP) is 8.32. The molecule has 0 amide bonds. The molecule has 0 bridgehead atoms. The van der Waals surface area contributed by atoms with Crippen molar-refractivity contribution in [1.82, 2.24) is 59.0 Å². The molecule has 14 nitrogen and oxygen atoms in total. The Labute approximate surface area is 346 Å². The molecule has 1 saturated heterocycles. The molecule has 0 spiro atoms. The van der Waals surface area contributed by atoms with E-state index in [1.54, 1.807) is 0 Å². The van der Waals surface area contributed by atoms with Gasteiger partial charge in [0, 0.05) is 49.0 Å². The van der Waals surface area contributed by atoms with Crippen molar-refractivity contribution in [2.24, 2.45) is 0 Å². The van der Waals surface area contributed by atoms with Gasteiger partial charge in [-0.1, -0.05) is 38.1 Å². The maximum absolute atomic E-state index is 14.3. The minimum atomic E-state index is -0.367. The Balaban J connectivity index is 1.02. The molecular weight excluding hydrogens is 763 g/mol. The van der Waals surface area contributed by atoms with Crippen LogP contribution in [-0.2, 0) is 0 Å². The van der Waals surface area contributed by atoms with Gasteiger partial charge < -0.3 is 10.6 Å². The van der Waals surface area contributed by atoms with Crippen molar-refractivity contribution >= 4 is 34.3 Å². The van der Waals surface area contributed by atoms with Gasteiger partial charge in [0.25, 0.3) is 0 Å². The summed E-state index contributed by atoms with van der Waals surface area (Å²) in [5.74, 6) is 3.17. The third kappa shape index (κ3) is 7.82. The smallest absolute Gasteiger partial charge is 0.173 e. The van der Waals surface area contributed by atoms with Crippen LogP contribution in [0.2, 0.25) is 0 Å². The first-order chi connectivity index (χ1) is 29.2. The van der Waals surface area contributed by atoms with E-state index in [-0.39, 0.29) is 29.8 Å². The van der Waals surface area contributed by atoms with Crippen molar-refractivity contribution in [1.29, 1.82) is 0 Å². The van der Waals surface area contributed by atoms with Crippen LogP contribution in [0, 0.1) is 25.5 Å². The number of hydrogen-bond acceptors (Lipinski definition) is 10. The van der Waals surface area contributed by atoms with Crippen LogP contribution in [0.1, 0.15) is 85.4 Å². The number of H-pyrrole nitrogens is 1. The average Bonchev–Trinajstić information content (AvgIpc) is 4.09. The highest BCUT2D eigenvalue weighted by molar-refractivity contribution is 5.73. The Morgan fingerprint density at radius 1 is 0.750 bits per heavy atom. The molecule has 0 saturated carbocycles. The fraction of sp³-hybridized carbons (Fsp3) is 0.318. The van der Waals surface area contributed by atoms with Gasteiger partial charge in [-0.3, -0.25) is 19.6 Å². The van der Waals surface area contributed by atoms with Crippen LogP contribution < -0.4 is 10.6 Å². The van der Waals surface area contributed by atoms with E-state index < -0.39 is 0 Å². The number of hydrogen-bond donors (Lipinski definition) is 3. The minimum absolute atomic E-state index is 0.0391. The molecule has 8 aromatic rings. The number of fused-ring (bicyclic) bond motifs is 2. The highest BCUT2D eigenvalue weighted by Crippen LogP contribution is 2.36. The van der Waals surface area contributed by atoms with Gasteiger partial charge in [0.2, 0.25) is 0 Å². The zero-order valence-electron chi connectivity index (χ0n) is 34.1. The van der Waals surface area contributed by atoms with Gasteiger partial charge in [-0.2, -0.15) is 20.4 Å². The van der Waals surface area contributed by atoms with Gasteiger partial charge in [-0.15, -0.1) is 0 Å². The summed E-state index contributed by atoms with van der Waals surface area (Å²) in [5.41, 5.74) is 5.36. The molecule has 0 aliphatic carbocycles. The highest BCUT2D eigenvalue weighted by atomic mass is 19.1. The molecule has 1 aliphatic rings. The monoisotopic (exact) mass is 810 g/mol. The lowest BCUT2D eigenvalue weighted by Crippen LogP contribution is -2.33. The SMILES string of the molecule is CCCN(CCC)C(c1ccc(F)cc1)c1nc(Nc2cc(C)n(C3CCN(C(c4ccc(F)cc4)c4nc(Nc5cc(C)[nH]n5)c5cccn5n4)C3)n2)c2cccn2n1. The predicted molar refractivity (Wildman–Crippen MR) is 227 cm³/mol. The molecule has 2 aromatic carbocycles. The summed E-state index contributed by atoms with van der Waals surface area (Å²) in [6.07, 6.45) is 6.55. The molecule has 7 heterocycles. The lowest BCUT2D eigenvalue weighted by molar-refractivity contribution is 0.217. The fourth-order valence-corrected chi connectivity index (χ4v) is 8.45. The zero-order chi connectivity index (χ0) is 41.3. The van der Waals surface area contributed by atoms with Crippen LogP contribution in [0.5, 0.6) is 0 Å². The molecule has 3 atom stereocenters. The van der Waals surface area contributed by atoms with Gasteiger partial charge >= 0.3 is 0 Å². The summed E-state index contributed by atoms with van der Waals surface area (Å²) in [5, 5.41) is 29.3. The maximum atomic E-state index is 14.3. The maximum Gasteiger partial charge on any atom is 0.173 e. The van der Waals surface area contributed by atoms with Gasteiger partial charge in [-0.25, -0.2) is 27.8 Å². The summed E-state index contributed by atoms with van der Waals surface area (Å²) in [7, 11) is 0. The van der Waals surface area contributed by atoms with Gasteiger partial charge in [0.05, 0.1) is 18.1 Å². The summed E-state index contributed by atoms with van der Waals surface area (Å²) in [4.78, 5) is 15.0. The second-order valence-electron chi connectivity index (χ2n) is 15.5. The van der Waals surface area contributed by atoms with Crippen LogP contribution >= 0.6 is 0 Å². The van der Waals surface area contributed by atoms with Crippen molar-refractivity contribution in [3.05, 3.63) is 143 Å². The van der Waals surface area contributed by atoms with E-state index in [1.807, 2.05) is 89.0 Å². The Morgan fingerprint density at radius 3 is 1.97 bits per heavy atom. The van der Waals surface area contributed by atoms with E-state index in [2.05, 4.69) is 56.1 Å². The number of likely N-dealkylation sites (tertiary alicyclic amines) is 1. The first-order valence-electron chi connectivity index (χ1n) is 20.6. The molecule has 1 fully saturated rings. The molecule has 0 radical (unpaired) electrons. The first kappa shape index (κ1) is 39.0. The van der Waals surface area contributed by atoms with E-state index >= 15 is 0 Å². The van der Waals surface area contributed by atoms with Crippen molar-refractivity contribution in [2.75, 3.05) is 36.8 Å². The quantitative estimate of drug-likeness (QED) is 0.0927. The second-order valence-corrected chi connectivity index (χ2v) is 15.5. The number of halogens is 2. The molecule has 3 unspecified atom stereocenters. The molecule has 16 heteroatoms. The van der Waals surface area contributed by atoms with Gasteiger partial charge in [-0.05, 0) is 106 Å². The van der Waals surface area contributed by atoms with E-state index in [0.717, 1.165) is 72.4 Å². The van der Waals surface area contributed by atoms with E-state index in [9.17, 15) is 8.78 Å². The number of rotatable bonds is 15. The second kappa shape index (κ2) is 16.6. The molecule has 1 aliphatic heterocycles. The molecule has 60 heavy (non-hydrogen) atoms. The first-order valence-corrected chi connectivity index (χ1v) is 20.6. The van der Waals surface area contributed by atoms with Crippen LogP contribution in [0.3, 0.4) is 0 Å². The summed E-state index contributed by atoms with van der Waals surface area (Å²) in [6, 6.07) is 24.4. The van der Waals surface area contributed by atoms with E-state index in [0.29, 0.717) is 41.5 Å². The lowest BCUT2D eigenvalue weighted by atomic mass is 10.0. The van der Waals surface area contributed by atoms with Crippen molar-refractivity contribution in [2.45, 2.75) is 65.1 Å². The number of aryl methyl sites for hydroxylation is 2. The summed E-state index contributed by atoms with van der Waals surface area (Å²) >= 11 is 0. The largest absolute Gasteiger partial charge is 0.322 e. The minimum Gasteiger partial charge on any atom is -0.322 e. The number of aromatic nitrogens is 10. The molecule has 3 N–H and O–H groups in total. The van der Waals surface area contributed by atoms with E-state index in [4.69, 9.17) is 25.3 Å². The number of anilines is 4. The summed E-state index contributed by atoms with van der Waals surface area (Å²) < 4.78 is 34.2. The molecular formula is C44H48F2N14. The third-order valence-corrected chi connectivity index (χ3v) is 11.1. The van der Waals surface area contributed by atoms with Crippen LogP contribution in [-0.4, -0.2) is 85.2 Å². The number of benzene rings is 2. The van der Waals surface area contributed by atoms with Crippen LogP contribution in [0.15, 0.2) is 97.3 Å². The van der Waals surface area contributed by atoms with Crippen molar-refractivity contribution in [3.63, 3.8) is 0 Å². The van der Waals surface area contributed by atoms with Crippen molar-refractivity contribution in [3.8, 4) is 0 Å². The average molecular weight is 811 g/mol. The summed E-state index contributed by atoms with van der Waals surface area (Å²) in [6.45, 7) is 11.4. The zero-order valence-corrected chi connectivity index (χ0v) is 34.1. The number of nitrogens with one attached hydrogen (secondary N) is 3.